The summed E-state index contributed by atoms with van der Waals surface area (Å²) in [6.07, 6.45) is 2.00. The Labute approximate surface area is 114 Å². The fraction of sp³-hybridized carbons (Fsp3) is 0.533. The molecule has 1 aliphatic heterocycles. The van der Waals surface area contributed by atoms with Crippen molar-refractivity contribution in [1.82, 2.24) is 5.32 Å². The van der Waals surface area contributed by atoms with Gasteiger partial charge in [0.25, 0.3) is 5.91 Å². The minimum absolute atomic E-state index is 0.0285. The van der Waals surface area contributed by atoms with Crippen molar-refractivity contribution in [2.24, 2.45) is 0 Å². The van der Waals surface area contributed by atoms with E-state index in [1.165, 1.54) is 0 Å². The van der Waals surface area contributed by atoms with Crippen LogP contribution in [0.15, 0.2) is 24.3 Å². The highest BCUT2D eigenvalue weighted by atomic mass is 16.5. The minimum Gasteiger partial charge on any atom is -0.382 e. The van der Waals surface area contributed by atoms with Crippen LogP contribution >= 0.6 is 0 Å². The highest BCUT2D eigenvalue weighted by molar-refractivity contribution is 5.99. The van der Waals surface area contributed by atoms with Crippen LogP contribution in [0.1, 0.15) is 37.0 Å². The van der Waals surface area contributed by atoms with Crippen LogP contribution in [0.4, 0.5) is 5.69 Å². The third-order valence-corrected chi connectivity index (χ3v) is 3.11. The molecule has 1 aromatic rings. The Balaban J connectivity index is 2.05. The Morgan fingerprint density at radius 3 is 2.84 bits per heavy atom. The van der Waals surface area contributed by atoms with Crippen molar-refractivity contribution in [3.05, 3.63) is 29.8 Å². The number of nitrogens with one attached hydrogen (secondary N) is 2. The highest BCUT2D eigenvalue weighted by Gasteiger charge is 2.18. The summed E-state index contributed by atoms with van der Waals surface area (Å²) in [5, 5.41) is 6.34. The van der Waals surface area contributed by atoms with Gasteiger partial charge in [-0.2, -0.15) is 0 Å². The van der Waals surface area contributed by atoms with Gasteiger partial charge in [0.2, 0.25) is 0 Å². The van der Waals surface area contributed by atoms with E-state index in [2.05, 4.69) is 24.5 Å². The first-order chi connectivity index (χ1) is 9.16. The monoisotopic (exact) mass is 262 g/mol. The first-order valence-electron chi connectivity index (χ1n) is 6.91. The molecule has 1 amide bonds. The van der Waals surface area contributed by atoms with Crippen LogP contribution in [0.5, 0.6) is 0 Å². The topological polar surface area (TPSA) is 50.4 Å². The van der Waals surface area contributed by atoms with Gasteiger partial charge in [-0.25, -0.2) is 0 Å². The van der Waals surface area contributed by atoms with Gasteiger partial charge in [0.15, 0.2) is 0 Å². The first-order valence-corrected chi connectivity index (χ1v) is 6.91. The van der Waals surface area contributed by atoms with Crippen LogP contribution in [0.25, 0.3) is 0 Å². The Morgan fingerprint density at radius 2 is 2.16 bits per heavy atom. The van der Waals surface area contributed by atoms with E-state index in [-0.39, 0.29) is 11.9 Å². The smallest absolute Gasteiger partial charge is 0.253 e. The van der Waals surface area contributed by atoms with E-state index in [0.29, 0.717) is 18.2 Å². The molecular formula is C15H22N2O2. The number of benzene rings is 1. The molecule has 0 aromatic heterocycles. The molecule has 0 spiro atoms. The number of amides is 1. The summed E-state index contributed by atoms with van der Waals surface area (Å²) in [5.74, 6) is -0.0285. The zero-order chi connectivity index (χ0) is 13.7. The molecule has 1 atom stereocenters. The van der Waals surface area contributed by atoms with Crippen molar-refractivity contribution in [3.8, 4) is 0 Å². The molecule has 0 aliphatic carbocycles. The SMILES string of the molecule is CC(C)Nc1ccccc1C(=O)NC1CCCOC1. The molecule has 19 heavy (non-hydrogen) atoms. The lowest BCUT2D eigenvalue weighted by atomic mass is 10.1. The lowest BCUT2D eigenvalue weighted by Gasteiger charge is -2.24. The van der Waals surface area contributed by atoms with Gasteiger partial charge >= 0.3 is 0 Å². The fourth-order valence-electron chi connectivity index (χ4n) is 2.24. The molecule has 1 fully saturated rings. The van der Waals surface area contributed by atoms with Crippen molar-refractivity contribution in [2.45, 2.75) is 38.8 Å². The fourth-order valence-corrected chi connectivity index (χ4v) is 2.24. The second-order valence-electron chi connectivity index (χ2n) is 5.23. The molecule has 2 rings (SSSR count). The zero-order valence-electron chi connectivity index (χ0n) is 11.6. The van der Waals surface area contributed by atoms with Crippen LogP contribution in [-0.2, 0) is 4.74 Å². The van der Waals surface area contributed by atoms with E-state index in [9.17, 15) is 4.79 Å². The number of hydrogen-bond donors (Lipinski definition) is 2. The summed E-state index contributed by atoms with van der Waals surface area (Å²) in [4.78, 5) is 12.3. The molecule has 1 unspecified atom stereocenters. The predicted molar refractivity (Wildman–Crippen MR) is 76.5 cm³/mol. The van der Waals surface area contributed by atoms with Gasteiger partial charge in [-0.15, -0.1) is 0 Å². The van der Waals surface area contributed by atoms with Gasteiger partial charge in [0.1, 0.15) is 0 Å². The Hall–Kier alpha value is -1.55. The molecule has 4 heteroatoms. The molecule has 0 saturated carbocycles. The maximum atomic E-state index is 12.3. The Bertz CT molecular complexity index is 426. The molecule has 1 aliphatic rings. The molecule has 1 saturated heterocycles. The molecule has 1 heterocycles. The normalized spacial score (nSPS) is 19.2. The summed E-state index contributed by atoms with van der Waals surface area (Å²) in [6, 6.07) is 8.04. The third kappa shape index (κ3) is 3.96. The summed E-state index contributed by atoms with van der Waals surface area (Å²) in [7, 11) is 0. The molecular weight excluding hydrogens is 240 g/mol. The van der Waals surface area contributed by atoms with Crippen molar-refractivity contribution in [2.75, 3.05) is 18.5 Å². The second-order valence-corrected chi connectivity index (χ2v) is 5.23. The zero-order valence-corrected chi connectivity index (χ0v) is 11.6. The first kappa shape index (κ1) is 13.9. The number of para-hydroxylation sites is 1. The molecule has 0 bridgehead atoms. The van der Waals surface area contributed by atoms with E-state index in [0.717, 1.165) is 25.1 Å². The maximum Gasteiger partial charge on any atom is 0.253 e. The van der Waals surface area contributed by atoms with Crippen LogP contribution in [-0.4, -0.2) is 31.2 Å². The Kier molecular flexibility index (Phi) is 4.80. The van der Waals surface area contributed by atoms with E-state index < -0.39 is 0 Å². The van der Waals surface area contributed by atoms with E-state index >= 15 is 0 Å². The van der Waals surface area contributed by atoms with Crippen LogP contribution in [0, 0.1) is 0 Å². The van der Waals surface area contributed by atoms with Gasteiger partial charge < -0.3 is 15.4 Å². The third-order valence-electron chi connectivity index (χ3n) is 3.11. The number of hydrogen-bond acceptors (Lipinski definition) is 3. The summed E-state index contributed by atoms with van der Waals surface area (Å²) in [6.45, 7) is 5.54. The number of anilines is 1. The van der Waals surface area contributed by atoms with Gasteiger partial charge in [-0.05, 0) is 38.8 Å². The van der Waals surface area contributed by atoms with Gasteiger partial charge in [0.05, 0.1) is 18.2 Å². The van der Waals surface area contributed by atoms with Crippen LogP contribution in [0.3, 0.4) is 0 Å². The Morgan fingerprint density at radius 1 is 1.37 bits per heavy atom. The van der Waals surface area contributed by atoms with Crippen molar-refractivity contribution >= 4 is 11.6 Å². The summed E-state index contributed by atoms with van der Waals surface area (Å²) >= 11 is 0. The van der Waals surface area contributed by atoms with E-state index in [4.69, 9.17) is 4.74 Å². The maximum absolute atomic E-state index is 12.3. The van der Waals surface area contributed by atoms with E-state index in [1.807, 2.05) is 24.3 Å². The molecule has 4 nitrogen and oxygen atoms in total. The van der Waals surface area contributed by atoms with Gasteiger partial charge in [0, 0.05) is 18.3 Å². The molecule has 0 radical (unpaired) electrons. The minimum atomic E-state index is -0.0285. The number of ether oxygens (including phenoxy) is 1. The molecule has 104 valence electrons. The predicted octanol–water partition coefficient (Wildman–Crippen LogP) is 2.42. The van der Waals surface area contributed by atoms with Crippen LogP contribution < -0.4 is 10.6 Å². The van der Waals surface area contributed by atoms with Crippen molar-refractivity contribution in [3.63, 3.8) is 0 Å². The number of carbonyl (C=O) groups is 1. The average molecular weight is 262 g/mol. The molecule has 1 aromatic carbocycles. The summed E-state index contributed by atoms with van der Waals surface area (Å²) in [5.41, 5.74) is 1.58. The quantitative estimate of drug-likeness (QED) is 0.876. The number of carbonyl (C=O) groups excluding carboxylic acids is 1. The second kappa shape index (κ2) is 6.57. The van der Waals surface area contributed by atoms with Gasteiger partial charge in [-0.1, -0.05) is 12.1 Å². The van der Waals surface area contributed by atoms with Crippen LogP contribution in [0.2, 0.25) is 0 Å². The largest absolute Gasteiger partial charge is 0.382 e. The highest BCUT2D eigenvalue weighted by Crippen LogP contribution is 2.17. The lowest BCUT2D eigenvalue weighted by Crippen LogP contribution is -2.40. The number of rotatable bonds is 4. The molecule has 2 N–H and O–H groups in total. The van der Waals surface area contributed by atoms with Crippen molar-refractivity contribution in [1.29, 1.82) is 0 Å². The standard InChI is InChI=1S/C15H22N2O2/c1-11(2)16-14-8-4-3-7-13(14)15(18)17-12-6-5-9-19-10-12/h3-4,7-8,11-12,16H,5-6,9-10H2,1-2H3,(H,17,18). The summed E-state index contributed by atoms with van der Waals surface area (Å²) < 4.78 is 5.38. The van der Waals surface area contributed by atoms with E-state index in [1.54, 1.807) is 0 Å². The van der Waals surface area contributed by atoms with Gasteiger partial charge in [-0.3, -0.25) is 4.79 Å². The lowest BCUT2D eigenvalue weighted by molar-refractivity contribution is 0.0624. The average Bonchev–Trinajstić information content (AvgIpc) is 2.39. The van der Waals surface area contributed by atoms with Crippen molar-refractivity contribution < 1.29 is 9.53 Å².